The van der Waals surface area contributed by atoms with E-state index >= 15 is 0 Å². The quantitative estimate of drug-likeness (QED) is 0.445. The van der Waals surface area contributed by atoms with Gasteiger partial charge in [-0.15, -0.1) is 0 Å². The van der Waals surface area contributed by atoms with Crippen LogP contribution in [0.15, 0.2) is 70.0 Å². The van der Waals surface area contributed by atoms with Gasteiger partial charge in [0.05, 0.1) is 18.6 Å². The van der Waals surface area contributed by atoms with E-state index in [1.54, 1.807) is 16.7 Å². The van der Waals surface area contributed by atoms with Gasteiger partial charge < -0.3 is 19.8 Å². The van der Waals surface area contributed by atoms with Crippen LogP contribution < -0.4 is 16.2 Å². The number of furan rings is 1. The fourth-order valence-corrected chi connectivity index (χ4v) is 4.34. The van der Waals surface area contributed by atoms with E-state index in [-0.39, 0.29) is 5.56 Å². The van der Waals surface area contributed by atoms with E-state index in [0.717, 1.165) is 27.5 Å². The summed E-state index contributed by atoms with van der Waals surface area (Å²) in [5.74, 6) is 0.664. The van der Waals surface area contributed by atoms with E-state index in [4.69, 9.17) is 19.9 Å². The summed E-state index contributed by atoms with van der Waals surface area (Å²) in [5.41, 5.74) is 10.6. The minimum atomic E-state index is -0.121. The van der Waals surface area contributed by atoms with Crippen molar-refractivity contribution in [3.8, 4) is 11.1 Å². The second kappa shape index (κ2) is 6.85. The van der Waals surface area contributed by atoms with E-state index in [1.165, 1.54) is 0 Å². The zero-order valence-corrected chi connectivity index (χ0v) is 16.7. The first kappa shape index (κ1) is 18.0. The Kier molecular flexibility index (Phi) is 3.97. The number of nitrogen functional groups attached to an aromatic ring is 1. The predicted molar refractivity (Wildman–Crippen MR) is 122 cm³/mol. The highest BCUT2D eigenvalue weighted by Gasteiger charge is 2.19. The maximum Gasteiger partial charge on any atom is 0.259 e. The molecule has 1 saturated heterocycles. The molecular weight excluding hydrogens is 392 g/mol. The predicted octanol–water partition coefficient (Wildman–Crippen LogP) is 3.68. The Bertz CT molecular complexity index is 1510. The van der Waals surface area contributed by atoms with Gasteiger partial charge in [0.1, 0.15) is 22.6 Å². The number of ether oxygens (including phenoxy) is 1. The maximum absolute atomic E-state index is 12.9. The molecule has 2 N–H and O–H groups in total. The van der Waals surface area contributed by atoms with Crippen molar-refractivity contribution in [2.45, 2.75) is 0 Å². The highest BCUT2D eigenvalue weighted by atomic mass is 16.5. The van der Waals surface area contributed by atoms with Crippen LogP contribution in [0.25, 0.3) is 38.7 Å². The van der Waals surface area contributed by atoms with Gasteiger partial charge >= 0.3 is 0 Å². The molecule has 154 valence electrons. The summed E-state index contributed by atoms with van der Waals surface area (Å²) < 4.78 is 13.2. The standard InChI is InChI=1S/C24H20N4O3/c25-18-8-7-15(23-22(18)17-4-1-2-6-19(17)31-23)16-5-3-9-28-21(29)14-20(26-24(16)28)27-10-12-30-13-11-27/h1-9,14H,10-13,25H2. The summed E-state index contributed by atoms with van der Waals surface area (Å²) in [4.78, 5) is 19.9. The smallest absolute Gasteiger partial charge is 0.259 e. The SMILES string of the molecule is Nc1ccc(-c2cccn3c(=O)cc(N4CCOCC4)nc23)c2oc3ccccc3c12. The van der Waals surface area contributed by atoms with Crippen LogP contribution in [0.4, 0.5) is 11.5 Å². The Morgan fingerprint density at radius 2 is 1.81 bits per heavy atom. The molecule has 1 aliphatic heterocycles. The number of nitrogens with two attached hydrogens (primary N) is 1. The zero-order chi connectivity index (χ0) is 20.9. The summed E-state index contributed by atoms with van der Waals surface area (Å²) in [6.07, 6.45) is 1.74. The molecule has 6 rings (SSSR count). The largest absolute Gasteiger partial charge is 0.455 e. The molecule has 31 heavy (non-hydrogen) atoms. The molecule has 1 fully saturated rings. The van der Waals surface area contributed by atoms with Crippen molar-refractivity contribution in [3.05, 3.63) is 71.1 Å². The second-order valence-corrected chi connectivity index (χ2v) is 7.67. The van der Waals surface area contributed by atoms with Crippen LogP contribution in [0.5, 0.6) is 0 Å². The average molecular weight is 412 g/mol. The highest BCUT2D eigenvalue weighted by molar-refractivity contribution is 6.15. The van der Waals surface area contributed by atoms with Gasteiger partial charge in [0.2, 0.25) is 0 Å². The first-order valence-electron chi connectivity index (χ1n) is 10.3. The summed E-state index contributed by atoms with van der Waals surface area (Å²) in [5, 5.41) is 1.85. The van der Waals surface area contributed by atoms with E-state index < -0.39 is 0 Å². The van der Waals surface area contributed by atoms with Gasteiger partial charge in [-0.05, 0) is 30.3 Å². The lowest BCUT2D eigenvalue weighted by atomic mass is 10.0. The van der Waals surface area contributed by atoms with Gasteiger partial charge in [-0.1, -0.05) is 18.2 Å². The normalized spacial score (nSPS) is 14.6. The lowest BCUT2D eigenvalue weighted by Crippen LogP contribution is -2.37. The fraction of sp³-hybridized carbons (Fsp3) is 0.167. The third-order valence-electron chi connectivity index (χ3n) is 5.86. The molecule has 2 aromatic carbocycles. The number of morpholine rings is 1. The molecule has 0 atom stereocenters. The lowest BCUT2D eigenvalue weighted by Gasteiger charge is -2.27. The molecule has 7 nitrogen and oxygen atoms in total. The molecule has 7 heteroatoms. The van der Waals surface area contributed by atoms with Crippen LogP contribution in [0.3, 0.4) is 0 Å². The van der Waals surface area contributed by atoms with Crippen molar-refractivity contribution in [2.24, 2.45) is 0 Å². The van der Waals surface area contributed by atoms with Crippen molar-refractivity contribution in [2.75, 3.05) is 36.9 Å². The summed E-state index contributed by atoms with van der Waals surface area (Å²) >= 11 is 0. The summed E-state index contributed by atoms with van der Waals surface area (Å²) in [7, 11) is 0. The number of aromatic nitrogens is 2. The summed E-state index contributed by atoms with van der Waals surface area (Å²) in [6.45, 7) is 2.67. The molecule has 0 aliphatic carbocycles. The van der Waals surface area contributed by atoms with Gasteiger partial charge in [0.15, 0.2) is 0 Å². The van der Waals surface area contributed by atoms with E-state index in [9.17, 15) is 4.79 Å². The van der Waals surface area contributed by atoms with Crippen LogP contribution in [0.1, 0.15) is 0 Å². The van der Waals surface area contributed by atoms with E-state index in [0.29, 0.717) is 49.0 Å². The van der Waals surface area contributed by atoms with Gasteiger partial charge in [0.25, 0.3) is 5.56 Å². The van der Waals surface area contributed by atoms with Crippen molar-refractivity contribution in [1.82, 2.24) is 9.38 Å². The molecule has 0 radical (unpaired) electrons. The van der Waals surface area contributed by atoms with E-state index in [2.05, 4.69) is 4.90 Å². The van der Waals surface area contributed by atoms with Gasteiger partial charge in [-0.2, -0.15) is 0 Å². The molecule has 4 heterocycles. The first-order valence-corrected chi connectivity index (χ1v) is 10.3. The molecule has 0 unspecified atom stereocenters. The molecule has 0 spiro atoms. The fourth-order valence-electron chi connectivity index (χ4n) is 4.34. The van der Waals surface area contributed by atoms with Gasteiger partial charge in [0, 0.05) is 47.6 Å². The van der Waals surface area contributed by atoms with Crippen molar-refractivity contribution in [3.63, 3.8) is 0 Å². The Hall–Kier alpha value is -3.84. The molecule has 0 saturated carbocycles. The molecule has 0 amide bonds. The minimum absolute atomic E-state index is 0.121. The molecular formula is C24H20N4O3. The third kappa shape index (κ3) is 2.78. The number of rotatable bonds is 2. The maximum atomic E-state index is 12.9. The van der Waals surface area contributed by atoms with Crippen LogP contribution in [0, 0.1) is 0 Å². The van der Waals surface area contributed by atoms with E-state index in [1.807, 2.05) is 48.5 Å². The number of anilines is 2. The number of hydrogen-bond donors (Lipinski definition) is 1. The van der Waals surface area contributed by atoms with Crippen molar-refractivity contribution in [1.29, 1.82) is 0 Å². The van der Waals surface area contributed by atoms with Crippen LogP contribution in [0.2, 0.25) is 0 Å². The average Bonchev–Trinajstić information content (AvgIpc) is 3.20. The van der Waals surface area contributed by atoms with Crippen LogP contribution in [-0.2, 0) is 4.74 Å². The topological polar surface area (TPSA) is 86.0 Å². The zero-order valence-electron chi connectivity index (χ0n) is 16.7. The number of benzene rings is 2. The molecule has 3 aromatic heterocycles. The van der Waals surface area contributed by atoms with Crippen molar-refractivity contribution < 1.29 is 9.15 Å². The van der Waals surface area contributed by atoms with Crippen molar-refractivity contribution >= 4 is 39.1 Å². The third-order valence-corrected chi connectivity index (χ3v) is 5.86. The Labute approximate surface area is 177 Å². The number of pyridine rings is 1. The monoisotopic (exact) mass is 412 g/mol. The highest BCUT2D eigenvalue weighted by Crippen LogP contribution is 2.39. The van der Waals surface area contributed by atoms with Gasteiger partial charge in [-0.3, -0.25) is 9.20 Å². The molecule has 1 aliphatic rings. The number of para-hydroxylation sites is 1. The first-order chi connectivity index (χ1) is 15.2. The molecule has 0 bridgehead atoms. The Morgan fingerprint density at radius 1 is 0.968 bits per heavy atom. The number of hydrogen-bond acceptors (Lipinski definition) is 6. The van der Waals surface area contributed by atoms with Crippen LogP contribution in [-0.4, -0.2) is 35.7 Å². The number of nitrogens with zero attached hydrogens (tertiary/aromatic N) is 3. The lowest BCUT2D eigenvalue weighted by molar-refractivity contribution is 0.122. The summed E-state index contributed by atoms with van der Waals surface area (Å²) in [6, 6.07) is 17.1. The Balaban J connectivity index is 1.65. The molecule has 5 aromatic rings. The van der Waals surface area contributed by atoms with Crippen LogP contribution >= 0.6 is 0 Å². The number of fused-ring (bicyclic) bond motifs is 4. The second-order valence-electron chi connectivity index (χ2n) is 7.67. The van der Waals surface area contributed by atoms with Gasteiger partial charge in [-0.25, -0.2) is 4.98 Å². The Morgan fingerprint density at radius 3 is 2.68 bits per heavy atom. The minimum Gasteiger partial charge on any atom is -0.455 e.